The molecular weight excluding hydrogens is 414 g/mol. The minimum atomic E-state index is -3.50. The molecule has 2 heterocycles. The van der Waals surface area contributed by atoms with Crippen LogP contribution in [0, 0.1) is 11.8 Å². The molecule has 2 aliphatic heterocycles. The second-order valence-electron chi connectivity index (χ2n) is 8.70. The topological polar surface area (TPSA) is 78.0 Å². The first-order valence-corrected chi connectivity index (χ1v) is 12.9. The van der Waals surface area contributed by atoms with E-state index in [2.05, 4.69) is 6.92 Å². The Kier molecular flexibility index (Phi) is 8.11. The summed E-state index contributed by atoms with van der Waals surface area (Å²) in [4.78, 5) is 29.6. The molecule has 0 spiro atoms. The largest absolute Gasteiger partial charge is 0.346 e. The number of hydrogen-bond donors (Lipinski definition) is 0. The van der Waals surface area contributed by atoms with Crippen molar-refractivity contribution in [3.63, 3.8) is 0 Å². The van der Waals surface area contributed by atoms with Gasteiger partial charge in [0.25, 0.3) is 0 Å². The Morgan fingerprint density at radius 3 is 2.13 bits per heavy atom. The van der Waals surface area contributed by atoms with Crippen molar-refractivity contribution < 1.29 is 18.0 Å². The number of nitrogens with zero attached hydrogens (tertiary/aromatic N) is 3. The van der Waals surface area contributed by atoms with Crippen LogP contribution in [0.1, 0.15) is 45.4 Å². The summed E-state index contributed by atoms with van der Waals surface area (Å²) in [6, 6.07) is 8.46. The second kappa shape index (κ2) is 10.6. The summed E-state index contributed by atoms with van der Waals surface area (Å²) in [5.74, 6) is 0.174. The molecule has 2 fully saturated rings. The van der Waals surface area contributed by atoms with Crippen LogP contribution in [0.15, 0.2) is 35.2 Å². The number of carbonyl (C=O) groups is 2. The highest BCUT2D eigenvalue weighted by molar-refractivity contribution is 7.89. The van der Waals surface area contributed by atoms with E-state index in [0.717, 1.165) is 19.4 Å². The summed E-state index contributed by atoms with van der Waals surface area (Å²) in [5.41, 5.74) is 0. The maximum atomic E-state index is 13.0. The lowest BCUT2D eigenvalue weighted by Gasteiger charge is -2.37. The minimum Gasteiger partial charge on any atom is -0.346 e. The Balaban J connectivity index is 1.48. The zero-order valence-electron chi connectivity index (χ0n) is 18.7. The van der Waals surface area contributed by atoms with E-state index in [1.54, 1.807) is 30.3 Å². The van der Waals surface area contributed by atoms with Gasteiger partial charge in [-0.2, -0.15) is 4.31 Å². The van der Waals surface area contributed by atoms with E-state index in [9.17, 15) is 18.0 Å². The lowest BCUT2D eigenvalue weighted by atomic mass is 9.92. The quantitative estimate of drug-likeness (QED) is 0.641. The molecule has 0 bridgehead atoms. The zero-order valence-corrected chi connectivity index (χ0v) is 19.5. The Bertz CT molecular complexity index is 843. The fraction of sp³-hybridized carbons (Fsp3) is 0.652. The molecule has 3 rings (SSSR count). The maximum absolute atomic E-state index is 13.0. The van der Waals surface area contributed by atoms with Crippen molar-refractivity contribution in [1.29, 1.82) is 0 Å². The lowest BCUT2D eigenvalue weighted by Crippen LogP contribution is -2.48. The van der Waals surface area contributed by atoms with Gasteiger partial charge in [-0.25, -0.2) is 8.42 Å². The summed E-state index contributed by atoms with van der Waals surface area (Å²) in [6.07, 6.45) is 4.59. The molecule has 0 N–H and O–H groups in total. The number of carbonyl (C=O) groups excluding carboxylic acids is 2. The molecule has 8 heteroatoms. The van der Waals surface area contributed by atoms with Gasteiger partial charge in [0.1, 0.15) is 0 Å². The summed E-state index contributed by atoms with van der Waals surface area (Å²) >= 11 is 0. The molecule has 0 unspecified atom stereocenters. The molecule has 172 valence electrons. The van der Waals surface area contributed by atoms with E-state index in [1.165, 1.54) is 4.31 Å². The molecule has 0 aromatic heterocycles. The van der Waals surface area contributed by atoms with E-state index in [1.807, 2.05) is 16.8 Å². The van der Waals surface area contributed by atoms with Gasteiger partial charge in [0.05, 0.1) is 4.90 Å². The van der Waals surface area contributed by atoms with E-state index in [0.29, 0.717) is 56.8 Å². The molecule has 0 aliphatic carbocycles. The van der Waals surface area contributed by atoms with Gasteiger partial charge < -0.3 is 9.80 Å². The van der Waals surface area contributed by atoms with Crippen LogP contribution in [0.3, 0.4) is 0 Å². The Labute approximate surface area is 186 Å². The van der Waals surface area contributed by atoms with Crippen LogP contribution in [0.25, 0.3) is 0 Å². The minimum absolute atomic E-state index is 0.00349. The highest BCUT2D eigenvalue weighted by Crippen LogP contribution is 2.27. The molecule has 0 radical (unpaired) electrons. The number of benzene rings is 1. The van der Waals surface area contributed by atoms with Gasteiger partial charge >= 0.3 is 0 Å². The molecule has 7 nitrogen and oxygen atoms in total. The summed E-state index contributed by atoms with van der Waals surface area (Å²) in [5, 5.41) is 0. The van der Waals surface area contributed by atoms with Crippen molar-refractivity contribution in [3.8, 4) is 0 Å². The third-order valence-electron chi connectivity index (χ3n) is 6.56. The fourth-order valence-corrected chi connectivity index (χ4v) is 6.00. The van der Waals surface area contributed by atoms with Crippen molar-refractivity contribution >= 4 is 21.8 Å². The van der Waals surface area contributed by atoms with E-state index in [4.69, 9.17) is 0 Å². The molecular formula is C23H35N3O4S. The maximum Gasteiger partial charge on any atom is 0.243 e. The van der Waals surface area contributed by atoms with E-state index < -0.39 is 10.0 Å². The number of hydrogen-bond acceptors (Lipinski definition) is 4. The number of piperidine rings is 2. The first-order chi connectivity index (χ1) is 14.8. The van der Waals surface area contributed by atoms with Crippen molar-refractivity contribution in [2.75, 3.05) is 39.8 Å². The summed E-state index contributed by atoms with van der Waals surface area (Å²) in [7, 11) is -1.63. The fourth-order valence-electron chi connectivity index (χ4n) is 4.51. The summed E-state index contributed by atoms with van der Waals surface area (Å²) in [6.45, 7) is 4.86. The average molecular weight is 450 g/mol. The van der Waals surface area contributed by atoms with Gasteiger partial charge in [-0.3, -0.25) is 9.59 Å². The molecule has 1 aromatic carbocycles. The average Bonchev–Trinajstić information content (AvgIpc) is 2.82. The highest BCUT2D eigenvalue weighted by atomic mass is 32.2. The Morgan fingerprint density at radius 1 is 0.968 bits per heavy atom. The monoisotopic (exact) mass is 449 g/mol. The molecule has 0 atom stereocenters. The van der Waals surface area contributed by atoms with Gasteiger partial charge in [-0.1, -0.05) is 31.5 Å². The van der Waals surface area contributed by atoms with Crippen LogP contribution in [-0.2, 0) is 19.6 Å². The lowest BCUT2D eigenvalue weighted by molar-refractivity contribution is -0.142. The zero-order chi connectivity index (χ0) is 22.4. The first kappa shape index (κ1) is 23.7. The van der Waals surface area contributed by atoms with Crippen LogP contribution >= 0.6 is 0 Å². The van der Waals surface area contributed by atoms with Crippen LogP contribution in [0.5, 0.6) is 0 Å². The van der Waals surface area contributed by atoms with Gasteiger partial charge in [0, 0.05) is 51.6 Å². The van der Waals surface area contributed by atoms with Gasteiger partial charge in [0.2, 0.25) is 21.8 Å². The molecule has 0 saturated carbocycles. The van der Waals surface area contributed by atoms with Crippen molar-refractivity contribution in [2.24, 2.45) is 11.8 Å². The number of amides is 2. The van der Waals surface area contributed by atoms with Crippen molar-refractivity contribution in [1.82, 2.24) is 14.1 Å². The number of rotatable bonds is 7. The molecule has 1 aromatic rings. The molecule has 2 aliphatic rings. The van der Waals surface area contributed by atoms with Gasteiger partial charge in [0.15, 0.2) is 0 Å². The smallest absolute Gasteiger partial charge is 0.243 e. The van der Waals surface area contributed by atoms with Crippen LogP contribution < -0.4 is 0 Å². The van der Waals surface area contributed by atoms with E-state index >= 15 is 0 Å². The molecule has 2 saturated heterocycles. The number of likely N-dealkylation sites (tertiary alicyclic amines) is 1. The SMILES string of the molecule is CCCCN(C)C(=O)C1CCN(C(=O)C2CCN(S(=O)(=O)c3ccccc3)CC2)CC1. The summed E-state index contributed by atoms with van der Waals surface area (Å²) < 4.78 is 27.1. The Morgan fingerprint density at radius 2 is 1.55 bits per heavy atom. The highest BCUT2D eigenvalue weighted by Gasteiger charge is 2.36. The number of unbranched alkanes of at least 4 members (excludes halogenated alkanes) is 1. The molecule has 31 heavy (non-hydrogen) atoms. The third-order valence-corrected chi connectivity index (χ3v) is 8.48. The van der Waals surface area contributed by atoms with Crippen molar-refractivity contribution in [2.45, 2.75) is 50.3 Å². The Hall–Kier alpha value is -1.93. The van der Waals surface area contributed by atoms with Crippen LogP contribution in [-0.4, -0.2) is 74.1 Å². The van der Waals surface area contributed by atoms with Crippen LogP contribution in [0.2, 0.25) is 0 Å². The third kappa shape index (κ3) is 5.66. The van der Waals surface area contributed by atoms with Gasteiger partial charge in [-0.05, 0) is 44.2 Å². The molecule has 2 amide bonds. The first-order valence-electron chi connectivity index (χ1n) is 11.4. The predicted molar refractivity (Wildman–Crippen MR) is 120 cm³/mol. The van der Waals surface area contributed by atoms with E-state index in [-0.39, 0.29) is 23.7 Å². The second-order valence-corrected chi connectivity index (χ2v) is 10.6. The normalized spacial score (nSPS) is 19.4. The predicted octanol–water partition coefficient (Wildman–Crippen LogP) is 2.58. The number of sulfonamides is 1. The van der Waals surface area contributed by atoms with Crippen LogP contribution in [0.4, 0.5) is 0 Å². The standard InChI is InChI=1S/C23H35N3O4S/c1-3-4-14-24(2)22(27)19-10-15-25(16-11-19)23(28)20-12-17-26(18-13-20)31(29,30)21-8-6-5-7-9-21/h5-9,19-20H,3-4,10-18H2,1-2H3. The van der Waals surface area contributed by atoms with Crippen molar-refractivity contribution in [3.05, 3.63) is 30.3 Å². The van der Waals surface area contributed by atoms with Gasteiger partial charge in [-0.15, -0.1) is 0 Å².